The summed E-state index contributed by atoms with van der Waals surface area (Å²) in [7, 11) is 2.06. The van der Waals surface area contributed by atoms with Crippen molar-refractivity contribution in [2.24, 2.45) is 24.8 Å². The fourth-order valence-electron chi connectivity index (χ4n) is 4.97. The summed E-state index contributed by atoms with van der Waals surface area (Å²) in [6, 6.07) is 8.51. The molecule has 1 aliphatic heterocycles. The van der Waals surface area contributed by atoms with Gasteiger partial charge in [0.1, 0.15) is 0 Å². The van der Waals surface area contributed by atoms with E-state index in [1.54, 1.807) is 11.8 Å². The number of amides is 1. The predicted molar refractivity (Wildman–Crippen MR) is 117 cm³/mol. The molecule has 156 valence electrons. The lowest BCUT2D eigenvalue weighted by molar-refractivity contribution is -0.121. The second kappa shape index (κ2) is 8.32. The SMILES string of the molecule is Cn1cc(SCC(=O)N[C@H]2C[C@H]3CNC[C@H]3C[C@@H]2OCC2CC2)c2ccccc21. The van der Waals surface area contributed by atoms with Gasteiger partial charge < -0.3 is 19.9 Å². The fraction of sp³-hybridized carbons (Fsp3) is 0.609. The molecule has 0 bridgehead atoms. The number of nitrogens with zero attached hydrogens (tertiary/aromatic N) is 1. The number of thioether (sulfide) groups is 1. The first-order valence-electron chi connectivity index (χ1n) is 11.0. The highest BCUT2D eigenvalue weighted by Crippen LogP contribution is 2.36. The summed E-state index contributed by atoms with van der Waals surface area (Å²) in [5.74, 6) is 2.71. The summed E-state index contributed by atoms with van der Waals surface area (Å²) in [5.41, 5.74) is 1.20. The van der Waals surface area contributed by atoms with Gasteiger partial charge in [-0.2, -0.15) is 0 Å². The van der Waals surface area contributed by atoms with Gasteiger partial charge in [-0.1, -0.05) is 18.2 Å². The van der Waals surface area contributed by atoms with Crippen LogP contribution >= 0.6 is 11.8 Å². The topological polar surface area (TPSA) is 55.3 Å². The van der Waals surface area contributed by atoms with Gasteiger partial charge in [0.05, 0.1) is 17.9 Å². The third-order valence-electron chi connectivity index (χ3n) is 6.83. The maximum atomic E-state index is 12.8. The number of benzene rings is 1. The van der Waals surface area contributed by atoms with Crippen molar-refractivity contribution in [2.75, 3.05) is 25.4 Å². The molecule has 0 radical (unpaired) electrons. The van der Waals surface area contributed by atoms with Gasteiger partial charge in [0.25, 0.3) is 0 Å². The number of carbonyl (C=O) groups excluding carboxylic acids is 1. The maximum absolute atomic E-state index is 12.8. The highest BCUT2D eigenvalue weighted by molar-refractivity contribution is 8.00. The molecule has 1 amide bonds. The van der Waals surface area contributed by atoms with Crippen LogP contribution in [0.4, 0.5) is 0 Å². The summed E-state index contributed by atoms with van der Waals surface area (Å²) in [6.45, 7) is 3.05. The lowest BCUT2D eigenvalue weighted by atomic mass is 9.77. The van der Waals surface area contributed by atoms with Crippen molar-refractivity contribution >= 4 is 28.6 Å². The molecule has 2 aromatic rings. The molecule has 5 nitrogen and oxygen atoms in total. The molecule has 2 heterocycles. The zero-order valence-corrected chi connectivity index (χ0v) is 17.9. The molecule has 29 heavy (non-hydrogen) atoms. The lowest BCUT2D eigenvalue weighted by Crippen LogP contribution is -2.51. The van der Waals surface area contributed by atoms with Crippen LogP contribution in [0.15, 0.2) is 35.4 Å². The minimum atomic E-state index is 0.123. The Morgan fingerprint density at radius 2 is 2.03 bits per heavy atom. The molecule has 4 atom stereocenters. The Balaban J connectivity index is 1.20. The largest absolute Gasteiger partial charge is 0.376 e. The molecular weight excluding hydrogens is 382 g/mol. The van der Waals surface area contributed by atoms with Crippen LogP contribution in [0.2, 0.25) is 0 Å². The van der Waals surface area contributed by atoms with E-state index in [9.17, 15) is 4.79 Å². The average Bonchev–Trinajstić information content (AvgIpc) is 3.36. The Labute approximate surface area is 176 Å². The van der Waals surface area contributed by atoms with E-state index in [2.05, 4.69) is 52.7 Å². The molecular formula is C23H31N3O2S. The number of nitrogens with one attached hydrogen (secondary N) is 2. The highest BCUT2D eigenvalue weighted by atomic mass is 32.2. The molecule has 2 N–H and O–H groups in total. The standard InChI is InChI=1S/C23H31N3O2S/c1-26-12-22(18-4-2-3-5-20(18)26)29-14-23(27)25-19-8-16-10-24-11-17(16)9-21(19)28-13-15-6-7-15/h2-5,12,15-17,19,21,24H,6-11,13-14H2,1H3,(H,25,27)/t16-,17+,19-,21-/m0/s1. The van der Waals surface area contributed by atoms with Gasteiger partial charge in [-0.3, -0.25) is 4.79 Å². The van der Waals surface area contributed by atoms with Gasteiger partial charge in [-0.15, -0.1) is 11.8 Å². The van der Waals surface area contributed by atoms with Crippen LogP contribution in [-0.4, -0.2) is 48.1 Å². The molecule has 3 aliphatic rings. The van der Waals surface area contributed by atoms with E-state index >= 15 is 0 Å². The number of aromatic nitrogens is 1. The smallest absolute Gasteiger partial charge is 0.230 e. The van der Waals surface area contributed by atoms with Crippen LogP contribution in [0, 0.1) is 17.8 Å². The maximum Gasteiger partial charge on any atom is 0.230 e. The van der Waals surface area contributed by atoms with E-state index < -0.39 is 0 Å². The number of hydrogen-bond acceptors (Lipinski definition) is 4. The first kappa shape index (κ1) is 19.5. The minimum Gasteiger partial charge on any atom is -0.376 e. The molecule has 1 aromatic carbocycles. The van der Waals surface area contributed by atoms with E-state index in [1.165, 1.54) is 28.6 Å². The Morgan fingerprint density at radius 3 is 2.86 bits per heavy atom. The molecule has 1 aromatic heterocycles. The number of ether oxygens (including phenoxy) is 1. The van der Waals surface area contributed by atoms with Crippen LogP contribution in [0.1, 0.15) is 25.7 Å². The summed E-state index contributed by atoms with van der Waals surface area (Å²) in [4.78, 5) is 14.0. The number of hydrogen-bond donors (Lipinski definition) is 2. The van der Waals surface area contributed by atoms with E-state index in [4.69, 9.17) is 4.74 Å². The summed E-state index contributed by atoms with van der Waals surface area (Å²) >= 11 is 1.63. The third-order valence-corrected chi connectivity index (χ3v) is 7.87. The molecule has 6 heteroatoms. The van der Waals surface area contributed by atoms with Crippen molar-refractivity contribution < 1.29 is 9.53 Å². The fourth-order valence-corrected chi connectivity index (χ4v) is 5.90. The van der Waals surface area contributed by atoms with Gasteiger partial charge >= 0.3 is 0 Å². The summed E-state index contributed by atoms with van der Waals surface area (Å²) in [6.07, 6.45) is 7.02. The first-order valence-corrected chi connectivity index (χ1v) is 11.9. The zero-order chi connectivity index (χ0) is 19.8. The number of fused-ring (bicyclic) bond motifs is 2. The summed E-state index contributed by atoms with van der Waals surface area (Å²) in [5, 5.41) is 8.08. The minimum absolute atomic E-state index is 0.123. The van der Waals surface area contributed by atoms with Gasteiger partial charge in [0.2, 0.25) is 5.91 Å². The molecule has 3 fully saturated rings. The van der Waals surface area contributed by atoms with Crippen LogP contribution < -0.4 is 10.6 Å². The predicted octanol–water partition coefficient (Wildman–Crippen LogP) is 3.18. The van der Waals surface area contributed by atoms with E-state index in [0.717, 1.165) is 38.5 Å². The number of rotatable bonds is 7. The molecule has 0 unspecified atom stereocenters. The van der Waals surface area contributed by atoms with Crippen molar-refractivity contribution in [3.63, 3.8) is 0 Å². The average molecular weight is 414 g/mol. The molecule has 5 rings (SSSR count). The number of para-hydroxylation sites is 1. The third kappa shape index (κ3) is 4.35. The first-order chi connectivity index (χ1) is 14.2. The van der Waals surface area contributed by atoms with Crippen molar-refractivity contribution in [1.82, 2.24) is 15.2 Å². The van der Waals surface area contributed by atoms with Crippen molar-refractivity contribution in [3.05, 3.63) is 30.5 Å². The van der Waals surface area contributed by atoms with Crippen LogP contribution in [-0.2, 0) is 16.6 Å². The Bertz CT molecular complexity index is 878. The van der Waals surface area contributed by atoms with Gasteiger partial charge in [0.15, 0.2) is 0 Å². The van der Waals surface area contributed by atoms with Crippen molar-refractivity contribution in [2.45, 2.75) is 42.7 Å². The Hall–Kier alpha value is -1.50. The van der Waals surface area contributed by atoms with Crippen molar-refractivity contribution in [1.29, 1.82) is 0 Å². The normalized spacial score (nSPS) is 29.1. The van der Waals surface area contributed by atoms with E-state index in [0.29, 0.717) is 17.6 Å². The monoisotopic (exact) mass is 413 g/mol. The van der Waals surface area contributed by atoms with E-state index in [1.807, 2.05) is 0 Å². The number of carbonyl (C=O) groups is 1. The quantitative estimate of drug-likeness (QED) is 0.685. The van der Waals surface area contributed by atoms with E-state index in [-0.39, 0.29) is 18.1 Å². The molecule has 0 spiro atoms. The zero-order valence-electron chi connectivity index (χ0n) is 17.1. The van der Waals surface area contributed by atoms with Crippen LogP contribution in [0.3, 0.4) is 0 Å². The molecule has 1 saturated heterocycles. The Kier molecular flexibility index (Phi) is 5.59. The second-order valence-electron chi connectivity index (χ2n) is 9.05. The number of aryl methyl sites for hydroxylation is 1. The van der Waals surface area contributed by atoms with Gasteiger partial charge in [-0.25, -0.2) is 0 Å². The van der Waals surface area contributed by atoms with Gasteiger partial charge in [0, 0.05) is 35.6 Å². The Morgan fingerprint density at radius 1 is 1.24 bits per heavy atom. The van der Waals surface area contributed by atoms with Gasteiger partial charge in [-0.05, 0) is 62.6 Å². The molecule has 2 saturated carbocycles. The molecule has 2 aliphatic carbocycles. The summed E-state index contributed by atoms with van der Waals surface area (Å²) < 4.78 is 8.43. The van der Waals surface area contributed by atoms with Crippen molar-refractivity contribution in [3.8, 4) is 0 Å². The van der Waals surface area contributed by atoms with Crippen LogP contribution in [0.5, 0.6) is 0 Å². The second-order valence-corrected chi connectivity index (χ2v) is 10.1. The van der Waals surface area contributed by atoms with Crippen LogP contribution in [0.25, 0.3) is 10.9 Å². The lowest BCUT2D eigenvalue weighted by Gasteiger charge is -2.38. The highest BCUT2D eigenvalue weighted by Gasteiger charge is 2.41.